The van der Waals surface area contributed by atoms with Crippen molar-refractivity contribution in [3.05, 3.63) is 0 Å². The number of Topliss-reactive ketones (excluding diaryl/α,β-unsaturated/α-hetero) is 1. The van der Waals surface area contributed by atoms with Crippen LogP contribution >= 0.6 is 0 Å². The van der Waals surface area contributed by atoms with E-state index >= 15 is 0 Å². The Morgan fingerprint density at radius 3 is 2.50 bits per heavy atom. The van der Waals surface area contributed by atoms with E-state index in [0.29, 0.717) is 25.7 Å². The van der Waals surface area contributed by atoms with Crippen LogP contribution in [0, 0.1) is 5.92 Å². The number of halogens is 2. The van der Waals surface area contributed by atoms with Gasteiger partial charge in [-0.3, -0.25) is 4.79 Å². The first-order chi connectivity index (χ1) is 8.28. The van der Waals surface area contributed by atoms with E-state index in [1.807, 2.05) is 0 Å². The summed E-state index contributed by atoms with van der Waals surface area (Å²) >= 11 is 0. The number of rotatable bonds is 7. The third-order valence-electron chi connectivity index (χ3n) is 3.68. The van der Waals surface area contributed by atoms with Gasteiger partial charge in [0.2, 0.25) is 5.79 Å². The molecule has 0 aromatic heterocycles. The van der Waals surface area contributed by atoms with Crippen LogP contribution in [0.15, 0.2) is 0 Å². The maximum absolute atomic E-state index is 13.6. The van der Waals surface area contributed by atoms with Crippen molar-refractivity contribution in [1.82, 2.24) is 0 Å². The monoisotopic (exact) mass is 264 g/mol. The molecule has 0 saturated heterocycles. The van der Waals surface area contributed by atoms with Crippen LogP contribution in [0.4, 0.5) is 8.78 Å². The van der Waals surface area contributed by atoms with Gasteiger partial charge in [-0.15, -0.1) is 0 Å². The van der Waals surface area contributed by atoms with Gasteiger partial charge in [0.1, 0.15) is 5.78 Å². The van der Waals surface area contributed by atoms with Crippen LogP contribution in [-0.2, 0) is 4.79 Å². The normalized spacial score (nSPS) is 21.6. The number of unbranched alkanes of at least 4 members (excludes halogenated alkanes) is 1. The van der Waals surface area contributed by atoms with Crippen LogP contribution in [0.3, 0.4) is 0 Å². The zero-order chi connectivity index (χ0) is 13.8. The molecule has 0 aromatic rings. The summed E-state index contributed by atoms with van der Waals surface area (Å²) in [6, 6.07) is 0. The quantitative estimate of drug-likeness (QED) is 0.695. The SMILES string of the molecule is CCCCC(F)(F)C(O)(O)CC[C@H]1CCC(=O)C1. The Morgan fingerprint density at radius 1 is 1.33 bits per heavy atom. The Kier molecular flexibility index (Phi) is 5.22. The van der Waals surface area contributed by atoms with Crippen molar-refractivity contribution < 1.29 is 23.8 Å². The number of carbonyl (C=O) groups excluding carboxylic acids is 1. The average molecular weight is 264 g/mol. The molecule has 5 heteroatoms. The highest BCUT2D eigenvalue weighted by molar-refractivity contribution is 5.80. The Balaban J connectivity index is 2.44. The lowest BCUT2D eigenvalue weighted by molar-refractivity contribution is -0.301. The summed E-state index contributed by atoms with van der Waals surface area (Å²) in [6.45, 7) is 1.77. The van der Waals surface area contributed by atoms with Gasteiger partial charge in [0.05, 0.1) is 0 Å². The number of hydrogen-bond acceptors (Lipinski definition) is 3. The summed E-state index contributed by atoms with van der Waals surface area (Å²) in [5.41, 5.74) is 0. The lowest BCUT2D eigenvalue weighted by Gasteiger charge is -2.31. The minimum Gasteiger partial charge on any atom is -0.361 e. The maximum Gasteiger partial charge on any atom is 0.300 e. The fourth-order valence-corrected chi connectivity index (χ4v) is 2.32. The molecule has 1 aliphatic rings. The molecule has 0 radical (unpaired) electrons. The summed E-state index contributed by atoms with van der Waals surface area (Å²) in [4.78, 5) is 11.0. The first-order valence-corrected chi connectivity index (χ1v) is 6.63. The van der Waals surface area contributed by atoms with Gasteiger partial charge in [-0.05, 0) is 25.2 Å². The number of ketones is 1. The molecule has 1 rings (SSSR count). The summed E-state index contributed by atoms with van der Waals surface area (Å²) < 4.78 is 27.1. The molecule has 0 aromatic carbocycles. The third-order valence-corrected chi connectivity index (χ3v) is 3.68. The number of carbonyl (C=O) groups is 1. The van der Waals surface area contributed by atoms with E-state index in [-0.39, 0.29) is 31.0 Å². The molecule has 1 aliphatic carbocycles. The lowest BCUT2D eigenvalue weighted by Crippen LogP contribution is -2.48. The highest BCUT2D eigenvalue weighted by Crippen LogP contribution is 2.37. The van der Waals surface area contributed by atoms with Crippen LogP contribution in [0.25, 0.3) is 0 Å². The minimum atomic E-state index is -3.48. The molecular formula is C13H22F2O3. The predicted molar refractivity (Wildman–Crippen MR) is 63.2 cm³/mol. The summed E-state index contributed by atoms with van der Waals surface area (Å²) in [5, 5.41) is 19.0. The minimum absolute atomic E-state index is 0.0261. The average Bonchev–Trinajstić information content (AvgIpc) is 2.70. The summed E-state index contributed by atoms with van der Waals surface area (Å²) in [5.74, 6) is -6.27. The zero-order valence-electron chi connectivity index (χ0n) is 10.8. The van der Waals surface area contributed by atoms with Crippen LogP contribution in [0.5, 0.6) is 0 Å². The fourth-order valence-electron chi connectivity index (χ4n) is 2.32. The highest BCUT2D eigenvalue weighted by Gasteiger charge is 2.50. The van der Waals surface area contributed by atoms with Crippen molar-refractivity contribution in [2.24, 2.45) is 5.92 Å². The molecule has 1 atom stereocenters. The second kappa shape index (κ2) is 6.06. The van der Waals surface area contributed by atoms with Gasteiger partial charge in [-0.25, -0.2) is 8.78 Å². The van der Waals surface area contributed by atoms with Gasteiger partial charge in [0, 0.05) is 25.7 Å². The maximum atomic E-state index is 13.6. The second-order valence-electron chi connectivity index (χ2n) is 5.31. The van der Waals surface area contributed by atoms with Gasteiger partial charge in [0.15, 0.2) is 0 Å². The molecular weight excluding hydrogens is 242 g/mol. The molecule has 1 saturated carbocycles. The second-order valence-corrected chi connectivity index (χ2v) is 5.31. The highest BCUT2D eigenvalue weighted by atomic mass is 19.3. The van der Waals surface area contributed by atoms with Crippen molar-refractivity contribution in [2.45, 2.75) is 70.0 Å². The van der Waals surface area contributed by atoms with Gasteiger partial charge in [-0.1, -0.05) is 13.3 Å². The molecule has 3 nitrogen and oxygen atoms in total. The van der Waals surface area contributed by atoms with E-state index in [1.54, 1.807) is 6.92 Å². The Hall–Kier alpha value is -0.550. The summed E-state index contributed by atoms with van der Waals surface area (Å²) in [6.07, 6.45) is 1.77. The number of hydrogen-bond donors (Lipinski definition) is 2. The molecule has 1 fully saturated rings. The van der Waals surface area contributed by atoms with Crippen LogP contribution in [0.1, 0.15) is 58.3 Å². The topological polar surface area (TPSA) is 57.5 Å². The van der Waals surface area contributed by atoms with Crippen LogP contribution in [0.2, 0.25) is 0 Å². The molecule has 2 N–H and O–H groups in total. The molecule has 106 valence electrons. The largest absolute Gasteiger partial charge is 0.361 e. The lowest BCUT2D eigenvalue weighted by atomic mass is 9.92. The van der Waals surface area contributed by atoms with E-state index in [0.717, 1.165) is 0 Å². The van der Waals surface area contributed by atoms with Gasteiger partial charge >= 0.3 is 0 Å². The van der Waals surface area contributed by atoms with E-state index in [2.05, 4.69) is 0 Å². The number of aliphatic hydroxyl groups is 2. The predicted octanol–water partition coefficient (Wildman–Crippen LogP) is 2.64. The van der Waals surface area contributed by atoms with E-state index in [9.17, 15) is 23.8 Å². The van der Waals surface area contributed by atoms with Gasteiger partial charge in [0.25, 0.3) is 5.92 Å². The van der Waals surface area contributed by atoms with Crippen LogP contribution < -0.4 is 0 Å². The number of alkyl halides is 2. The van der Waals surface area contributed by atoms with Crippen molar-refractivity contribution in [1.29, 1.82) is 0 Å². The molecule has 0 unspecified atom stereocenters. The fraction of sp³-hybridized carbons (Fsp3) is 0.923. The van der Waals surface area contributed by atoms with Crippen LogP contribution in [-0.4, -0.2) is 27.7 Å². The van der Waals surface area contributed by atoms with Crippen molar-refractivity contribution in [3.8, 4) is 0 Å². The van der Waals surface area contributed by atoms with Crippen molar-refractivity contribution in [2.75, 3.05) is 0 Å². The molecule has 18 heavy (non-hydrogen) atoms. The zero-order valence-corrected chi connectivity index (χ0v) is 10.8. The van der Waals surface area contributed by atoms with Crippen molar-refractivity contribution in [3.63, 3.8) is 0 Å². The smallest absolute Gasteiger partial charge is 0.300 e. The molecule has 0 aliphatic heterocycles. The van der Waals surface area contributed by atoms with Gasteiger partial charge in [-0.2, -0.15) is 0 Å². The van der Waals surface area contributed by atoms with E-state index in [1.165, 1.54) is 0 Å². The van der Waals surface area contributed by atoms with Crippen molar-refractivity contribution >= 4 is 5.78 Å². The van der Waals surface area contributed by atoms with Gasteiger partial charge < -0.3 is 10.2 Å². The summed E-state index contributed by atoms with van der Waals surface area (Å²) in [7, 11) is 0. The molecule has 0 bridgehead atoms. The van der Waals surface area contributed by atoms with E-state index < -0.39 is 18.1 Å². The first-order valence-electron chi connectivity index (χ1n) is 6.63. The first kappa shape index (κ1) is 15.5. The standard InChI is InChI=1S/C13H22F2O3/c1-2-3-7-12(14,15)13(17,18)8-6-10-4-5-11(16)9-10/h10,17-18H,2-9H2,1H3/t10-/m1/s1. The molecule has 0 heterocycles. The third kappa shape index (κ3) is 3.99. The van der Waals surface area contributed by atoms with E-state index in [4.69, 9.17) is 0 Å². The Morgan fingerprint density at radius 2 is 2.00 bits per heavy atom. The Labute approximate surface area is 106 Å². The molecule has 0 amide bonds. The Bertz CT molecular complexity index is 290. The molecule has 0 spiro atoms.